The maximum atomic E-state index is 11.2. The number of carbonyl (C=O) groups excluding carboxylic acids is 1. The Balaban J connectivity index is 2.31. The summed E-state index contributed by atoms with van der Waals surface area (Å²) in [5.41, 5.74) is 1.32. The van der Waals surface area contributed by atoms with Crippen molar-refractivity contribution in [1.82, 2.24) is 4.90 Å². The fourth-order valence-electron chi connectivity index (χ4n) is 1.48. The van der Waals surface area contributed by atoms with Crippen LogP contribution in [0.15, 0.2) is 11.4 Å². The summed E-state index contributed by atoms with van der Waals surface area (Å²) in [7, 11) is 1.91. The zero-order valence-corrected chi connectivity index (χ0v) is 10.5. The van der Waals surface area contributed by atoms with Crippen LogP contribution in [0.5, 0.6) is 0 Å². The third-order valence-corrected chi connectivity index (χ3v) is 3.49. The van der Waals surface area contributed by atoms with Crippen molar-refractivity contribution in [2.45, 2.75) is 19.8 Å². The van der Waals surface area contributed by atoms with Gasteiger partial charge >= 0.3 is 0 Å². The van der Waals surface area contributed by atoms with Crippen molar-refractivity contribution in [2.75, 3.05) is 20.1 Å². The van der Waals surface area contributed by atoms with E-state index in [2.05, 4.69) is 18.4 Å². The van der Waals surface area contributed by atoms with Crippen molar-refractivity contribution in [1.29, 1.82) is 5.26 Å². The van der Waals surface area contributed by atoms with Crippen molar-refractivity contribution in [3.63, 3.8) is 0 Å². The summed E-state index contributed by atoms with van der Waals surface area (Å²) in [6, 6.07) is 3.99. The monoisotopic (exact) mass is 236 g/mol. The molecule has 16 heavy (non-hydrogen) atoms. The first-order chi connectivity index (χ1) is 7.63. The van der Waals surface area contributed by atoms with E-state index in [0.29, 0.717) is 6.54 Å². The molecule has 0 amide bonds. The van der Waals surface area contributed by atoms with Gasteiger partial charge in [0.2, 0.25) is 0 Å². The molecule has 0 atom stereocenters. The van der Waals surface area contributed by atoms with Crippen molar-refractivity contribution >= 4 is 17.1 Å². The molecule has 0 bridgehead atoms. The van der Waals surface area contributed by atoms with Crippen LogP contribution in [-0.4, -0.2) is 30.8 Å². The molecule has 0 radical (unpaired) electrons. The highest BCUT2D eigenvalue weighted by atomic mass is 32.1. The van der Waals surface area contributed by atoms with Crippen molar-refractivity contribution in [3.05, 3.63) is 21.9 Å². The average Bonchev–Trinajstić information content (AvgIpc) is 2.61. The van der Waals surface area contributed by atoms with E-state index in [9.17, 15) is 4.79 Å². The highest BCUT2D eigenvalue weighted by Crippen LogP contribution is 2.16. The Bertz CT molecular complexity index is 392. The van der Waals surface area contributed by atoms with Gasteiger partial charge in [0, 0.05) is 11.4 Å². The first kappa shape index (κ1) is 12.9. The highest BCUT2D eigenvalue weighted by molar-refractivity contribution is 7.10. The lowest BCUT2D eigenvalue weighted by Gasteiger charge is -2.14. The van der Waals surface area contributed by atoms with Gasteiger partial charge < -0.3 is 0 Å². The first-order valence-electron chi connectivity index (χ1n) is 5.23. The molecule has 0 aliphatic carbocycles. The van der Waals surface area contributed by atoms with E-state index in [0.717, 1.165) is 13.0 Å². The smallest absolute Gasteiger partial charge is 0.160 e. The zero-order chi connectivity index (χ0) is 12.0. The SMILES string of the molecule is Cc1ccsc1CCN(C)CC(=O)CC#N. The fraction of sp³-hybridized carbons (Fsp3) is 0.500. The fourth-order valence-corrected chi connectivity index (χ4v) is 2.38. The second-order valence-corrected chi connectivity index (χ2v) is 4.89. The molecule has 0 aliphatic rings. The van der Waals surface area contributed by atoms with Crippen molar-refractivity contribution in [2.24, 2.45) is 0 Å². The average molecular weight is 236 g/mol. The lowest BCUT2D eigenvalue weighted by molar-refractivity contribution is -0.118. The van der Waals surface area contributed by atoms with Crippen LogP contribution in [0.4, 0.5) is 0 Å². The number of aryl methyl sites for hydroxylation is 1. The molecular weight excluding hydrogens is 220 g/mol. The Kier molecular flexibility index (Phi) is 5.17. The summed E-state index contributed by atoms with van der Waals surface area (Å²) in [6.45, 7) is 3.34. The van der Waals surface area contributed by atoms with Gasteiger partial charge in [0.1, 0.15) is 0 Å². The van der Waals surface area contributed by atoms with Gasteiger partial charge in [-0.2, -0.15) is 5.26 Å². The number of nitrogens with zero attached hydrogens (tertiary/aromatic N) is 2. The van der Waals surface area contributed by atoms with E-state index >= 15 is 0 Å². The molecule has 1 heterocycles. The molecule has 3 nitrogen and oxygen atoms in total. The summed E-state index contributed by atoms with van der Waals surface area (Å²) in [4.78, 5) is 14.6. The van der Waals surface area contributed by atoms with Crippen LogP contribution in [0, 0.1) is 18.3 Å². The van der Waals surface area contributed by atoms with E-state index in [-0.39, 0.29) is 12.2 Å². The molecule has 0 saturated heterocycles. The molecule has 0 saturated carbocycles. The predicted octanol–water partition coefficient (Wildman–Crippen LogP) is 2.01. The molecule has 4 heteroatoms. The molecule has 0 unspecified atom stereocenters. The Morgan fingerprint density at radius 2 is 2.38 bits per heavy atom. The zero-order valence-electron chi connectivity index (χ0n) is 9.69. The number of ketones is 1. The van der Waals surface area contributed by atoms with Crippen molar-refractivity contribution < 1.29 is 4.79 Å². The molecule has 0 N–H and O–H groups in total. The van der Waals surface area contributed by atoms with E-state index in [1.165, 1.54) is 10.4 Å². The maximum Gasteiger partial charge on any atom is 0.160 e. The molecule has 0 aromatic carbocycles. The normalized spacial score (nSPS) is 10.4. The predicted molar refractivity (Wildman–Crippen MR) is 65.5 cm³/mol. The van der Waals surface area contributed by atoms with Crippen LogP contribution >= 0.6 is 11.3 Å². The summed E-state index contributed by atoms with van der Waals surface area (Å²) in [5.74, 6) is -0.00657. The van der Waals surface area contributed by atoms with Crippen LogP contribution in [0.25, 0.3) is 0 Å². The van der Waals surface area contributed by atoms with E-state index in [4.69, 9.17) is 5.26 Å². The number of Topliss-reactive ketones (excluding diaryl/α,β-unsaturated/α-hetero) is 1. The molecule has 86 valence electrons. The van der Waals surface area contributed by atoms with Crippen LogP contribution < -0.4 is 0 Å². The number of thiophene rings is 1. The number of likely N-dealkylation sites (N-methyl/N-ethyl adjacent to an activating group) is 1. The number of nitriles is 1. The standard InChI is InChI=1S/C12H16N2OS/c1-10-5-8-16-12(10)4-7-14(2)9-11(15)3-6-13/h5,8H,3-4,7,9H2,1-2H3. The Hall–Kier alpha value is -1.18. The molecule has 1 aromatic rings. The van der Waals surface area contributed by atoms with Crippen LogP contribution in [0.2, 0.25) is 0 Å². The minimum atomic E-state index is -0.00657. The molecular formula is C12H16N2OS. The Morgan fingerprint density at radius 1 is 1.62 bits per heavy atom. The molecule has 1 rings (SSSR count). The third kappa shape index (κ3) is 4.13. The largest absolute Gasteiger partial charge is 0.299 e. The lowest BCUT2D eigenvalue weighted by Crippen LogP contribution is -2.27. The highest BCUT2D eigenvalue weighted by Gasteiger charge is 2.07. The third-order valence-electron chi connectivity index (χ3n) is 2.41. The van der Waals surface area contributed by atoms with E-state index in [1.54, 1.807) is 11.3 Å². The number of hydrogen-bond donors (Lipinski definition) is 0. The summed E-state index contributed by atoms with van der Waals surface area (Å²) in [5, 5.41) is 10.5. The first-order valence-corrected chi connectivity index (χ1v) is 6.11. The molecule has 0 spiro atoms. The lowest BCUT2D eigenvalue weighted by atomic mass is 10.2. The van der Waals surface area contributed by atoms with Gasteiger partial charge in [0.05, 0.1) is 19.0 Å². The van der Waals surface area contributed by atoms with Crippen LogP contribution in [-0.2, 0) is 11.2 Å². The van der Waals surface area contributed by atoms with Gasteiger partial charge in [-0.25, -0.2) is 0 Å². The topological polar surface area (TPSA) is 44.1 Å². The Morgan fingerprint density at radius 3 is 2.94 bits per heavy atom. The van der Waals surface area contributed by atoms with E-state index in [1.807, 2.05) is 18.0 Å². The number of hydrogen-bond acceptors (Lipinski definition) is 4. The quantitative estimate of drug-likeness (QED) is 0.759. The maximum absolute atomic E-state index is 11.2. The van der Waals surface area contributed by atoms with Gasteiger partial charge in [-0.05, 0) is 37.4 Å². The van der Waals surface area contributed by atoms with Gasteiger partial charge in [0.15, 0.2) is 5.78 Å². The van der Waals surface area contributed by atoms with Crippen LogP contribution in [0.1, 0.15) is 16.9 Å². The second-order valence-electron chi connectivity index (χ2n) is 3.89. The summed E-state index contributed by atoms with van der Waals surface area (Å²) >= 11 is 1.76. The van der Waals surface area contributed by atoms with E-state index < -0.39 is 0 Å². The summed E-state index contributed by atoms with van der Waals surface area (Å²) in [6.07, 6.45) is 0.988. The van der Waals surface area contributed by atoms with Gasteiger partial charge in [-0.3, -0.25) is 9.69 Å². The van der Waals surface area contributed by atoms with Crippen molar-refractivity contribution in [3.8, 4) is 6.07 Å². The van der Waals surface area contributed by atoms with Gasteiger partial charge in [-0.1, -0.05) is 0 Å². The summed E-state index contributed by atoms with van der Waals surface area (Å²) < 4.78 is 0. The molecule has 0 fully saturated rings. The number of rotatable bonds is 6. The van der Waals surface area contributed by atoms with Gasteiger partial charge in [-0.15, -0.1) is 11.3 Å². The molecule has 1 aromatic heterocycles. The van der Waals surface area contributed by atoms with Crippen LogP contribution in [0.3, 0.4) is 0 Å². The Labute approximate surface area is 100 Å². The van der Waals surface area contributed by atoms with Gasteiger partial charge in [0.25, 0.3) is 0 Å². The minimum Gasteiger partial charge on any atom is -0.299 e. The minimum absolute atomic E-state index is 0.00657. The molecule has 0 aliphatic heterocycles. The second kappa shape index (κ2) is 6.41. The number of carbonyl (C=O) groups is 1.